The lowest BCUT2D eigenvalue weighted by molar-refractivity contribution is -0.161. The molecule has 1 aliphatic heterocycles. The van der Waals surface area contributed by atoms with Crippen LogP contribution in [-0.4, -0.2) is 36.6 Å². The number of nitrogens with zero attached hydrogens (tertiary/aromatic N) is 1. The number of likely N-dealkylation sites (tertiary alicyclic amines) is 1. The van der Waals surface area contributed by atoms with Gasteiger partial charge in [-0.3, -0.25) is 4.79 Å². The van der Waals surface area contributed by atoms with Crippen LogP contribution in [0.5, 0.6) is 0 Å². The molecule has 1 aromatic carbocycles. The Kier molecular flexibility index (Phi) is 4.37. The fourth-order valence-corrected chi connectivity index (χ4v) is 3.52. The van der Waals surface area contributed by atoms with Crippen LogP contribution in [0.15, 0.2) is 24.3 Å². The van der Waals surface area contributed by atoms with Gasteiger partial charge in [0, 0.05) is 18.1 Å². The van der Waals surface area contributed by atoms with E-state index in [4.69, 9.17) is 11.6 Å². The molecule has 0 spiro atoms. The average molecular weight is 330 g/mol. The quantitative estimate of drug-likeness (QED) is 0.844. The van der Waals surface area contributed by atoms with Crippen molar-refractivity contribution < 1.29 is 18.3 Å². The van der Waals surface area contributed by atoms with Crippen LogP contribution in [0.2, 0.25) is 5.02 Å². The number of benzene rings is 1. The van der Waals surface area contributed by atoms with Gasteiger partial charge in [-0.2, -0.15) is 8.78 Å². The van der Waals surface area contributed by atoms with Gasteiger partial charge >= 0.3 is 6.61 Å². The Morgan fingerprint density at radius 2 is 2.00 bits per heavy atom. The normalized spacial score (nSPS) is 23.6. The van der Waals surface area contributed by atoms with E-state index in [-0.39, 0.29) is 12.5 Å². The Labute approximate surface area is 133 Å². The van der Waals surface area contributed by atoms with Gasteiger partial charge in [0.25, 0.3) is 0 Å². The minimum Gasteiger partial charge on any atom is -0.339 e. The molecule has 1 saturated heterocycles. The smallest absolute Gasteiger partial charge is 0.339 e. The lowest BCUT2D eigenvalue weighted by Crippen LogP contribution is -2.50. The molecular weight excluding hydrogens is 312 g/mol. The molecule has 1 heterocycles. The van der Waals surface area contributed by atoms with E-state index in [1.54, 1.807) is 17.0 Å². The molecule has 2 aliphatic rings. The molecule has 120 valence electrons. The van der Waals surface area contributed by atoms with E-state index < -0.39 is 18.1 Å². The van der Waals surface area contributed by atoms with Crippen molar-refractivity contribution in [3.05, 3.63) is 34.9 Å². The van der Waals surface area contributed by atoms with Gasteiger partial charge in [0.2, 0.25) is 5.91 Å². The average Bonchev–Trinajstić information content (AvgIpc) is 2.87. The highest BCUT2D eigenvalue weighted by Gasteiger charge is 2.48. The summed E-state index contributed by atoms with van der Waals surface area (Å²) >= 11 is 5.91. The highest BCUT2D eigenvalue weighted by molar-refractivity contribution is 6.30. The van der Waals surface area contributed by atoms with Gasteiger partial charge in [-0.25, -0.2) is 0 Å². The lowest BCUT2D eigenvalue weighted by atomic mass is 9.63. The highest BCUT2D eigenvalue weighted by Crippen LogP contribution is 2.46. The Hall–Kier alpha value is -1.20. The number of carbonyl (C=O) groups is 1. The first-order chi connectivity index (χ1) is 10.5. The molecule has 1 saturated carbocycles. The predicted molar refractivity (Wildman–Crippen MR) is 79.1 cm³/mol. The van der Waals surface area contributed by atoms with Gasteiger partial charge in [0.1, 0.15) is 0 Å². The number of rotatable bonds is 4. The van der Waals surface area contributed by atoms with Crippen LogP contribution in [0.1, 0.15) is 31.2 Å². The number of ether oxygens (including phenoxy) is 1. The van der Waals surface area contributed by atoms with Crippen molar-refractivity contribution in [1.29, 1.82) is 0 Å². The zero-order valence-electron chi connectivity index (χ0n) is 12.1. The van der Waals surface area contributed by atoms with Gasteiger partial charge in [-0.05, 0) is 37.0 Å². The standard InChI is InChI=1S/C16H18ClF2NO2/c17-12-4-2-11(3-5-12)16(7-1-8-16)14(21)20-9-6-13(10-20)22-15(18)19/h2-5,13,15H,1,6-10H2/t13-/m0/s1. The summed E-state index contributed by atoms with van der Waals surface area (Å²) in [7, 11) is 0. The molecule has 1 atom stereocenters. The summed E-state index contributed by atoms with van der Waals surface area (Å²) < 4.78 is 29.1. The fraction of sp³-hybridized carbons (Fsp3) is 0.562. The second kappa shape index (κ2) is 6.13. The molecule has 2 fully saturated rings. The second-order valence-corrected chi connectivity index (χ2v) is 6.44. The van der Waals surface area contributed by atoms with Gasteiger partial charge < -0.3 is 9.64 Å². The van der Waals surface area contributed by atoms with Crippen LogP contribution in [0.4, 0.5) is 8.78 Å². The third kappa shape index (κ3) is 2.84. The van der Waals surface area contributed by atoms with Crippen molar-refractivity contribution in [2.75, 3.05) is 13.1 Å². The second-order valence-electron chi connectivity index (χ2n) is 6.00. The molecule has 0 radical (unpaired) electrons. The van der Waals surface area contributed by atoms with Crippen LogP contribution in [0.3, 0.4) is 0 Å². The van der Waals surface area contributed by atoms with E-state index in [0.29, 0.717) is 18.0 Å². The molecule has 6 heteroatoms. The molecule has 3 rings (SSSR count). The zero-order valence-corrected chi connectivity index (χ0v) is 12.9. The summed E-state index contributed by atoms with van der Waals surface area (Å²) in [6.45, 7) is -2.06. The van der Waals surface area contributed by atoms with Crippen LogP contribution in [0, 0.1) is 0 Å². The maximum atomic E-state index is 12.9. The Morgan fingerprint density at radius 3 is 2.55 bits per heavy atom. The van der Waals surface area contributed by atoms with Crippen molar-refractivity contribution in [1.82, 2.24) is 4.90 Å². The van der Waals surface area contributed by atoms with E-state index >= 15 is 0 Å². The molecule has 1 aromatic rings. The fourth-order valence-electron chi connectivity index (χ4n) is 3.40. The first-order valence-electron chi connectivity index (χ1n) is 7.50. The summed E-state index contributed by atoms with van der Waals surface area (Å²) in [5.74, 6) is 0.0291. The summed E-state index contributed by atoms with van der Waals surface area (Å²) in [6, 6.07) is 7.36. The molecule has 0 N–H and O–H groups in total. The van der Waals surface area contributed by atoms with E-state index in [9.17, 15) is 13.6 Å². The van der Waals surface area contributed by atoms with Crippen LogP contribution in [-0.2, 0) is 14.9 Å². The molecule has 1 amide bonds. The van der Waals surface area contributed by atoms with Gasteiger partial charge in [-0.1, -0.05) is 30.2 Å². The number of hydrogen-bond donors (Lipinski definition) is 0. The molecule has 22 heavy (non-hydrogen) atoms. The van der Waals surface area contributed by atoms with E-state index in [0.717, 1.165) is 24.8 Å². The van der Waals surface area contributed by atoms with Crippen molar-refractivity contribution in [3.63, 3.8) is 0 Å². The van der Waals surface area contributed by atoms with Gasteiger partial charge in [0.15, 0.2) is 0 Å². The molecule has 0 bridgehead atoms. The van der Waals surface area contributed by atoms with Crippen molar-refractivity contribution in [3.8, 4) is 0 Å². The first-order valence-corrected chi connectivity index (χ1v) is 7.88. The van der Waals surface area contributed by atoms with Crippen molar-refractivity contribution in [2.45, 2.75) is 43.8 Å². The largest absolute Gasteiger partial charge is 0.345 e. The lowest BCUT2D eigenvalue weighted by Gasteiger charge is -2.43. The maximum Gasteiger partial charge on any atom is 0.345 e. The van der Waals surface area contributed by atoms with Crippen LogP contribution < -0.4 is 0 Å². The number of carbonyl (C=O) groups excluding carboxylic acids is 1. The molecule has 0 aromatic heterocycles. The van der Waals surface area contributed by atoms with Crippen LogP contribution in [0.25, 0.3) is 0 Å². The highest BCUT2D eigenvalue weighted by atomic mass is 35.5. The molecule has 1 aliphatic carbocycles. The third-order valence-electron chi connectivity index (χ3n) is 4.74. The first kappa shape index (κ1) is 15.7. The monoisotopic (exact) mass is 329 g/mol. The number of hydrogen-bond acceptors (Lipinski definition) is 2. The Morgan fingerprint density at radius 1 is 1.32 bits per heavy atom. The Bertz CT molecular complexity index is 546. The van der Waals surface area contributed by atoms with E-state index in [2.05, 4.69) is 4.74 Å². The summed E-state index contributed by atoms with van der Waals surface area (Å²) in [6.07, 6.45) is 2.49. The number of alkyl halides is 2. The SMILES string of the molecule is O=C(N1CC[C@H](OC(F)F)C1)C1(c2ccc(Cl)cc2)CCC1. The molecule has 0 unspecified atom stereocenters. The van der Waals surface area contributed by atoms with E-state index in [1.807, 2.05) is 12.1 Å². The third-order valence-corrected chi connectivity index (χ3v) is 4.99. The van der Waals surface area contributed by atoms with Gasteiger partial charge in [0.05, 0.1) is 11.5 Å². The summed E-state index contributed by atoms with van der Waals surface area (Å²) in [5, 5.41) is 0.636. The van der Waals surface area contributed by atoms with E-state index in [1.165, 1.54) is 0 Å². The van der Waals surface area contributed by atoms with Gasteiger partial charge in [-0.15, -0.1) is 0 Å². The maximum absolute atomic E-state index is 12.9. The molecular formula is C16H18ClF2NO2. The topological polar surface area (TPSA) is 29.5 Å². The molecule has 3 nitrogen and oxygen atoms in total. The number of halogens is 3. The Balaban J connectivity index is 1.74. The minimum absolute atomic E-state index is 0.0291. The number of amides is 1. The predicted octanol–water partition coefficient (Wildman–Crippen LogP) is 3.60. The van der Waals surface area contributed by atoms with Crippen LogP contribution >= 0.6 is 11.6 Å². The minimum atomic E-state index is -2.78. The summed E-state index contributed by atoms with van der Waals surface area (Å²) in [4.78, 5) is 14.6. The van der Waals surface area contributed by atoms with Crippen molar-refractivity contribution >= 4 is 17.5 Å². The summed E-state index contributed by atoms with van der Waals surface area (Å²) in [5.41, 5.74) is 0.455. The van der Waals surface area contributed by atoms with Crippen molar-refractivity contribution in [2.24, 2.45) is 0 Å². The zero-order chi connectivity index (χ0) is 15.7.